The van der Waals surface area contributed by atoms with Crippen molar-refractivity contribution in [3.8, 4) is 0 Å². The van der Waals surface area contributed by atoms with Crippen LogP contribution in [0.5, 0.6) is 0 Å². The zero-order valence-corrected chi connectivity index (χ0v) is 11.2. The molecule has 6 nitrogen and oxygen atoms in total. The van der Waals surface area contributed by atoms with Crippen LogP contribution in [0.15, 0.2) is 16.5 Å². The Morgan fingerprint density at radius 1 is 1.42 bits per heavy atom. The van der Waals surface area contributed by atoms with Crippen LogP contribution < -0.4 is 10.6 Å². The Bertz CT molecular complexity index is 428. The maximum absolute atomic E-state index is 11.6. The summed E-state index contributed by atoms with van der Waals surface area (Å²) in [5.74, 6) is 0.533. The van der Waals surface area contributed by atoms with Gasteiger partial charge in [-0.1, -0.05) is 13.3 Å². The summed E-state index contributed by atoms with van der Waals surface area (Å²) in [6.45, 7) is 4.05. The van der Waals surface area contributed by atoms with Gasteiger partial charge in [0.2, 0.25) is 0 Å². The minimum atomic E-state index is -0.916. The van der Waals surface area contributed by atoms with Crippen LogP contribution >= 0.6 is 0 Å². The van der Waals surface area contributed by atoms with Crippen LogP contribution in [0.3, 0.4) is 0 Å². The van der Waals surface area contributed by atoms with E-state index in [0.717, 1.165) is 12.2 Å². The summed E-state index contributed by atoms with van der Waals surface area (Å²) in [6.07, 6.45) is 1.39. The van der Waals surface area contributed by atoms with Gasteiger partial charge in [-0.3, -0.25) is 4.79 Å². The van der Waals surface area contributed by atoms with E-state index in [1.54, 1.807) is 6.07 Å². The van der Waals surface area contributed by atoms with E-state index in [0.29, 0.717) is 12.2 Å². The molecule has 1 aromatic rings. The number of carbonyl (C=O) groups is 2. The fourth-order valence-corrected chi connectivity index (χ4v) is 1.77. The van der Waals surface area contributed by atoms with E-state index in [1.807, 2.05) is 19.9 Å². The van der Waals surface area contributed by atoms with Crippen molar-refractivity contribution in [1.29, 1.82) is 0 Å². The average molecular weight is 268 g/mol. The Hall–Kier alpha value is -1.98. The van der Waals surface area contributed by atoms with Gasteiger partial charge < -0.3 is 20.2 Å². The van der Waals surface area contributed by atoms with E-state index >= 15 is 0 Å². The molecule has 1 aromatic heterocycles. The normalized spacial score (nSPS) is 11.9. The molecule has 0 aliphatic heterocycles. The van der Waals surface area contributed by atoms with Crippen LogP contribution in [0.1, 0.15) is 37.7 Å². The number of aryl methyl sites for hydroxylation is 1. The highest BCUT2D eigenvalue weighted by Crippen LogP contribution is 2.05. The van der Waals surface area contributed by atoms with Crippen molar-refractivity contribution in [3.63, 3.8) is 0 Å². The summed E-state index contributed by atoms with van der Waals surface area (Å²) in [6, 6.07) is 2.88. The van der Waals surface area contributed by atoms with Crippen LogP contribution in [0.2, 0.25) is 0 Å². The topological polar surface area (TPSA) is 91.6 Å². The van der Waals surface area contributed by atoms with Crippen LogP contribution in [-0.4, -0.2) is 23.1 Å². The molecule has 2 amide bonds. The number of amides is 2. The van der Waals surface area contributed by atoms with Gasteiger partial charge in [-0.05, 0) is 25.5 Å². The molecule has 6 heteroatoms. The molecule has 1 rings (SSSR count). The molecule has 1 unspecified atom stereocenters. The maximum Gasteiger partial charge on any atom is 0.315 e. The van der Waals surface area contributed by atoms with Crippen LogP contribution in [0.25, 0.3) is 0 Å². The van der Waals surface area contributed by atoms with Gasteiger partial charge in [0.05, 0.1) is 13.0 Å². The third kappa shape index (κ3) is 5.94. The standard InChI is InChI=1S/C13H20N2O4/c1-3-4-10(7-12(16)17)15-13(18)14-8-11-6-5-9(2)19-11/h5-6,10H,3-4,7-8H2,1-2H3,(H,16,17)(H2,14,15,18). The molecule has 3 N–H and O–H groups in total. The van der Waals surface area contributed by atoms with E-state index in [-0.39, 0.29) is 25.0 Å². The number of furan rings is 1. The number of aliphatic carboxylic acids is 1. The Morgan fingerprint density at radius 2 is 2.16 bits per heavy atom. The Kier molecular flexibility index (Phi) is 5.92. The molecule has 0 bridgehead atoms. The predicted molar refractivity (Wildman–Crippen MR) is 69.8 cm³/mol. The van der Waals surface area contributed by atoms with E-state index in [4.69, 9.17) is 9.52 Å². The molecule has 106 valence electrons. The smallest absolute Gasteiger partial charge is 0.315 e. The molecule has 0 aromatic carbocycles. The quantitative estimate of drug-likeness (QED) is 0.705. The Labute approximate surface area is 112 Å². The fraction of sp³-hybridized carbons (Fsp3) is 0.538. The third-order valence-corrected chi connectivity index (χ3v) is 2.61. The van der Waals surface area contributed by atoms with E-state index in [2.05, 4.69) is 10.6 Å². The molecular weight excluding hydrogens is 248 g/mol. The summed E-state index contributed by atoms with van der Waals surface area (Å²) in [5, 5.41) is 14.0. The van der Waals surface area contributed by atoms with Gasteiger partial charge in [-0.2, -0.15) is 0 Å². The molecule has 0 spiro atoms. The molecule has 0 saturated carbocycles. The second-order valence-electron chi connectivity index (χ2n) is 4.42. The average Bonchev–Trinajstić information content (AvgIpc) is 2.72. The van der Waals surface area contributed by atoms with Crippen LogP contribution in [0, 0.1) is 6.92 Å². The first-order valence-electron chi connectivity index (χ1n) is 6.32. The lowest BCUT2D eigenvalue weighted by Crippen LogP contribution is -2.42. The number of carboxylic acid groups (broad SMARTS) is 1. The number of hydrogen-bond donors (Lipinski definition) is 3. The first kappa shape index (κ1) is 15.1. The van der Waals surface area contributed by atoms with Crippen LogP contribution in [-0.2, 0) is 11.3 Å². The lowest BCUT2D eigenvalue weighted by atomic mass is 10.1. The molecular formula is C13H20N2O4. The molecule has 1 heterocycles. The molecule has 1 atom stereocenters. The predicted octanol–water partition coefficient (Wildman–Crippen LogP) is 2.03. The molecule has 0 fully saturated rings. The van der Waals surface area contributed by atoms with Crippen molar-refractivity contribution in [2.45, 2.75) is 45.7 Å². The van der Waals surface area contributed by atoms with Crippen molar-refractivity contribution < 1.29 is 19.1 Å². The molecule has 0 radical (unpaired) electrons. The van der Waals surface area contributed by atoms with E-state index in [9.17, 15) is 9.59 Å². The zero-order chi connectivity index (χ0) is 14.3. The van der Waals surface area contributed by atoms with E-state index < -0.39 is 5.97 Å². The number of carboxylic acids is 1. The second kappa shape index (κ2) is 7.45. The van der Waals surface area contributed by atoms with Gasteiger partial charge in [-0.25, -0.2) is 4.79 Å². The summed E-state index contributed by atoms with van der Waals surface area (Å²) in [7, 11) is 0. The van der Waals surface area contributed by atoms with Crippen molar-refractivity contribution >= 4 is 12.0 Å². The molecule has 0 aliphatic carbocycles. The minimum Gasteiger partial charge on any atom is -0.481 e. The largest absolute Gasteiger partial charge is 0.481 e. The van der Waals surface area contributed by atoms with Crippen molar-refractivity contribution in [3.05, 3.63) is 23.7 Å². The summed E-state index contributed by atoms with van der Waals surface area (Å²) in [5.41, 5.74) is 0. The molecule has 0 aliphatic rings. The highest BCUT2D eigenvalue weighted by Gasteiger charge is 2.15. The first-order valence-corrected chi connectivity index (χ1v) is 6.32. The van der Waals surface area contributed by atoms with Gasteiger partial charge in [0.25, 0.3) is 0 Å². The summed E-state index contributed by atoms with van der Waals surface area (Å²) >= 11 is 0. The highest BCUT2D eigenvalue weighted by atomic mass is 16.4. The third-order valence-electron chi connectivity index (χ3n) is 2.61. The van der Waals surface area contributed by atoms with Crippen LogP contribution in [0.4, 0.5) is 4.79 Å². The van der Waals surface area contributed by atoms with Gasteiger partial charge in [0, 0.05) is 6.04 Å². The lowest BCUT2D eigenvalue weighted by Gasteiger charge is -2.16. The number of nitrogens with one attached hydrogen (secondary N) is 2. The van der Waals surface area contributed by atoms with Gasteiger partial charge >= 0.3 is 12.0 Å². The molecule has 19 heavy (non-hydrogen) atoms. The summed E-state index contributed by atoms with van der Waals surface area (Å²) in [4.78, 5) is 22.3. The number of carbonyl (C=O) groups excluding carboxylic acids is 1. The maximum atomic E-state index is 11.6. The number of urea groups is 1. The highest BCUT2D eigenvalue weighted by molar-refractivity contribution is 5.75. The summed E-state index contributed by atoms with van der Waals surface area (Å²) < 4.78 is 5.31. The van der Waals surface area contributed by atoms with Crippen molar-refractivity contribution in [2.75, 3.05) is 0 Å². The van der Waals surface area contributed by atoms with Gasteiger partial charge in [0.1, 0.15) is 11.5 Å². The first-order chi connectivity index (χ1) is 9.01. The molecule has 0 saturated heterocycles. The zero-order valence-electron chi connectivity index (χ0n) is 11.2. The van der Waals surface area contributed by atoms with Gasteiger partial charge in [0.15, 0.2) is 0 Å². The lowest BCUT2D eigenvalue weighted by molar-refractivity contribution is -0.137. The minimum absolute atomic E-state index is 0.0683. The fourth-order valence-electron chi connectivity index (χ4n) is 1.77. The second-order valence-corrected chi connectivity index (χ2v) is 4.42. The van der Waals surface area contributed by atoms with Crippen molar-refractivity contribution in [2.24, 2.45) is 0 Å². The van der Waals surface area contributed by atoms with Crippen molar-refractivity contribution in [1.82, 2.24) is 10.6 Å². The SMILES string of the molecule is CCCC(CC(=O)O)NC(=O)NCc1ccc(C)o1. The monoisotopic (exact) mass is 268 g/mol. The Balaban J connectivity index is 2.37. The number of rotatable bonds is 7. The number of hydrogen-bond acceptors (Lipinski definition) is 3. The Morgan fingerprint density at radius 3 is 2.68 bits per heavy atom. The van der Waals surface area contributed by atoms with Gasteiger partial charge in [-0.15, -0.1) is 0 Å². The van der Waals surface area contributed by atoms with E-state index in [1.165, 1.54) is 0 Å².